The molecule has 0 aromatic carbocycles. The van der Waals surface area contributed by atoms with Gasteiger partial charge in [0.2, 0.25) is 0 Å². The molecule has 90 valence electrons. The van der Waals surface area contributed by atoms with Crippen LogP contribution in [0.3, 0.4) is 0 Å². The molecule has 0 bridgehead atoms. The number of rotatable bonds is 4. The molecular formula is C11H14N4O2. The lowest BCUT2D eigenvalue weighted by atomic mass is 10.3. The summed E-state index contributed by atoms with van der Waals surface area (Å²) >= 11 is 0. The van der Waals surface area contributed by atoms with Crippen LogP contribution < -0.4 is 10.6 Å². The van der Waals surface area contributed by atoms with Crippen molar-refractivity contribution in [1.82, 2.24) is 20.5 Å². The van der Waals surface area contributed by atoms with Gasteiger partial charge >= 0.3 is 6.03 Å². The molecular weight excluding hydrogens is 220 g/mol. The van der Waals surface area contributed by atoms with Gasteiger partial charge in [-0.15, -0.1) is 0 Å². The second-order valence-electron chi connectivity index (χ2n) is 3.69. The van der Waals surface area contributed by atoms with Gasteiger partial charge in [-0.2, -0.15) is 0 Å². The number of pyridine rings is 1. The first-order chi connectivity index (χ1) is 8.27. The number of urea groups is 1. The Morgan fingerprint density at radius 2 is 2.41 bits per heavy atom. The minimum atomic E-state index is -0.217. The molecule has 1 aliphatic rings. The number of hydrogen-bond acceptors (Lipinski definition) is 3. The van der Waals surface area contributed by atoms with Crippen LogP contribution in [0, 0.1) is 0 Å². The van der Waals surface area contributed by atoms with E-state index in [4.69, 9.17) is 0 Å². The van der Waals surface area contributed by atoms with Gasteiger partial charge in [0.1, 0.15) is 5.69 Å². The molecule has 0 radical (unpaired) electrons. The summed E-state index contributed by atoms with van der Waals surface area (Å²) < 4.78 is 0. The van der Waals surface area contributed by atoms with Crippen LogP contribution >= 0.6 is 0 Å². The van der Waals surface area contributed by atoms with E-state index in [9.17, 15) is 9.59 Å². The van der Waals surface area contributed by atoms with Crippen LogP contribution in [-0.4, -0.2) is 48.0 Å². The highest BCUT2D eigenvalue weighted by Gasteiger charge is 2.18. The largest absolute Gasteiger partial charge is 0.349 e. The summed E-state index contributed by atoms with van der Waals surface area (Å²) in [6.07, 6.45) is 1.57. The van der Waals surface area contributed by atoms with Crippen molar-refractivity contribution in [3.05, 3.63) is 30.1 Å². The third-order valence-electron chi connectivity index (χ3n) is 2.51. The highest BCUT2D eigenvalue weighted by molar-refractivity contribution is 5.92. The fourth-order valence-electron chi connectivity index (χ4n) is 1.62. The second-order valence-corrected chi connectivity index (χ2v) is 3.69. The van der Waals surface area contributed by atoms with Crippen LogP contribution in [0.2, 0.25) is 0 Å². The highest BCUT2D eigenvalue weighted by Crippen LogP contribution is 1.96. The van der Waals surface area contributed by atoms with Gasteiger partial charge in [0.15, 0.2) is 0 Å². The predicted molar refractivity (Wildman–Crippen MR) is 61.5 cm³/mol. The van der Waals surface area contributed by atoms with Crippen molar-refractivity contribution in [3.8, 4) is 0 Å². The Balaban J connectivity index is 1.75. The first-order valence-electron chi connectivity index (χ1n) is 5.49. The van der Waals surface area contributed by atoms with Crippen molar-refractivity contribution in [2.45, 2.75) is 0 Å². The average molecular weight is 234 g/mol. The van der Waals surface area contributed by atoms with Crippen LogP contribution in [0.5, 0.6) is 0 Å². The van der Waals surface area contributed by atoms with Crippen molar-refractivity contribution < 1.29 is 9.59 Å². The van der Waals surface area contributed by atoms with Gasteiger partial charge < -0.3 is 15.5 Å². The van der Waals surface area contributed by atoms with E-state index in [0.717, 1.165) is 0 Å². The first-order valence-corrected chi connectivity index (χ1v) is 5.49. The summed E-state index contributed by atoms with van der Waals surface area (Å²) in [5, 5.41) is 5.42. The van der Waals surface area contributed by atoms with Crippen LogP contribution in [0.4, 0.5) is 4.79 Å². The molecule has 2 N–H and O–H groups in total. The minimum absolute atomic E-state index is 0.0721. The van der Waals surface area contributed by atoms with E-state index in [0.29, 0.717) is 31.9 Å². The zero-order valence-electron chi connectivity index (χ0n) is 9.35. The van der Waals surface area contributed by atoms with Crippen LogP contribution in [-0.2, 0) is 0 Å². The smallest absolute Gasteiger partial charge is 0.317 e. The Morgan fingerprint density at radius 3 is 3.06 bits per heavy atom. The summed E-state index contributed by atoms with van der Waals surface area (Å²) in [4.78, 5) is 28.4. The summed E-state index contributed by atoms with van der Waals surface area (Å²) in [5.41, 5.74) is 0.387. The maximum Gasteiger partial charge on any atom is 0.317 e. The average Bonchev–Trinajstić information content (AvgIpc) is 2.76. The van der Waals surface area contributed by atoms with Crippen molar-refractivity contribution in [1.29, 1.82) is 0 Å². The third kappa shape index (κ3) is 2.93. The maximum atomic E-state index is 11.6. The first kappa shape index (κ1) is 11.4. The lowest BCUT2D eigenvalue weighted by Crippen LogP contribution is -2.36. The SMILES string of the molecule is O=C(NCCN1CCNC1=O)c1ccccn1. The molecule has 1 aromatic rings. The normalized spacial score (nSPS) is 14.6. The molecule has 1 saturated heterocycles. The fourth-order valence-corrected chi connectivity index (χ4v) is 1.62. The Bertz CT molecular complexity index is 407. The molecule has 1 aromatic heterocycles. The Kier molecular flexibility index (Phi) is 3.54. The van der Waals surface area contributed by atoms with E-state index >= 15 is 0 Å². The Morgan fingerprint density at radius 1 is 1.53 bits per heavy atom. The fraction of sp³-hybridized carbons (Fsp3) is 0.364. The predicted octanol–water partition coefficient (Wildman–Crippen LogP) is -0.163. The van der Waals surface area contributed by atoms with Gasteiger partial charge in [-0.1, -0.05) is 6.07 Å². The molecule has 0 atom stereocenters. The lowest BCUT2D eigenvalue weighted by molar-refractivity contribution is 0.0945. The number of aromatic nitrogens is 1. The summed E-state index contributed by atoms with van der Waals surface area (Å²) in [7, 11) is 0. The quantitative estimate of drug-likeness (QED) is 0.760. The van der Waals surface area contributed by atoms with Gasteiger partial charge in [0.05, 0.1) is 0 Å². The van der Waals surface area contributed by atoms with Crippen molar-refractivity contribution in [2.75, 3.05) is 26.2 Å². The molecule has 0 saturated carbocycles. The summed E-state index contributed by atoms with van der Waals surface area (Å²) in [6, 6.07) is 5.09. The van der Waals surface area contributed by atoms with E-state index in [1.165, 1.54) is 0 Å². The van der Waals surface area contributed by atoms with E-state index < -0.39 is 0 Å². The van der Waals surface area contributed by atoms with E-state index in [1.54, 1.807) is 29.3 Å². The number of carbonyl (C=O) groups excluding carboxylic acids is 2. The Hall–Kier alpha value is -2.11. The van der Waals surface area contributed by atoms with E-state index in [1.807, 2.05) is 0 Å². The molecule has 1 fully saturated rings. The molecule has 3 amide bonds. The van der Waals surface area contributed by atoms with Crippen LogP contribution in [0.25, 0.3) is 0 Å². The van der Waals surface area contributed by atoms with E-state index in [-0.39, 0.29) is 11.9 Å². The molecule has 2 rings (SSSR count). The van der Waals surface area contributed by atoms with Crippen molar-refractivity contribution in [2.24, 2.45) is 0 Å². The molecule has 1 aliphatic heterocycles. The number of nitrogens with zero attached hydrogens (tertiary/aromatic N) is 2. The molecule has 0 spiro atoms. The van der Waals surface area contributed by atoms with Gasteiger partial charge in [-0.3, -0.25) is 9.78 Å². The minimum Gasteiger partial charge on any atom is -0.349 e. The van der Waals surface area contributed by atoms with Crippen molar-refractivity contribution >= 4 is 11.9 Å². The van der Waals surface area contributed by atoms with Crippen molar-refractivity contribution in [3.63, 3.8) is 0 Å². The topological polar surface area (TPSA) is 74.3 Å². The molecule has 0 unspecified atom stereocenters. The number of nitrogens with one attached hydrogen (secondary N) is 2. The maximum absolute atomic E-state index is 11.6. The molecule has 6 nitrogen and oxygen atoms in total. The zero-order chi connectivity index (χ0) is 12.1. The number of amides is 3. The third-order valence-corrected chi connectivity index (χ3v) is 2.51. The lowest BCUT2D eigenvalue weighted by Gasteiger charge is -2.13. The molecule has 0 aliphatic carbocycles. The van der Waals surface area contributed by atoms with Crippen LogP contribution in [0.15, 0.2) is 24.4 Å². The summed E-state index contributed by atoms with van der Waals surface area (Å²) in [6.45, 7) is 2.32. The van der Waals surface area contributed by atoms with Gasteiger partial charge in [0, 0.05) is 32.4 Å². The molecule has 2 heterocycles. The Labute approximate surface area is 99.0 Å². The summed E-state index contributed by atoms with van der Waals surface area (Å²) in [5.74, 6) is -0.217. The van der Waals surface area contributed by atoms with Gasteiger partial charge in [-0.05, 0) is 12.1 Å². The van der Waals surface area contributed by atoms with Crippen LogP contribution in [0.1, 0.15) is 10.5 Å². The number of carbonyl (C=O) groups is 2. The molecule has 6 heteroatoms. The second kappa shape index (κ2) is 5.29. The zero-order valence-corrected chi connectivity index (χ0v) is 9.35. The standard InChI is InChI=1S/C11H14N4O2/c16-10(9-3-1-2-4-12-9)13-5-7-15-8-6-14-11(15)17/h1-4H,5-8H2,(H,13,16)(H,14,17). The molecule has 17 heavy (non-hydrogen) atoms. The van der Waals surface area contributed by atoms with Gasteiger partial charge in [-0.25, -0.2) is 4.79 Å². The highest BCUT2D eigenvalue weighted by atomic mass is 16.2. The number of hydrogen-bond donors (Lipinski definition) is 2. The monoisotopic (exact) mass is 234 g/mol. The van der Waals surface area contributed by atoms with Gasteiger partial charge in [0.25, 0.3) is 5.91 Å². The van der Waals surface area contributed by atoms with E-state index in [2.05, 4.69) is 15.6 Å².